The van der Waals surface area contributed by atoms with Gasteiger partial charge in [-0.2, -0.15) is 0 Å². The quantitative estimate of drug-likeness (QED) is 0.729. The summed E-state index contributed by atoms with van der Waals surface area (Å²) in [5.41, 5.74) is 4.26. The average Bonchev–Trinajstić information content (AvgIpc) is 2.65. The molecule has 0 saturated carbocycles. The smallest absolute Gasteiger partial charge is 0.262 e. The molecule has 0 saturated heterocycles. The molecule has 1 N–H and O–H groups in total. The fraction of sp³-hybridized carbons (Fsp3) is 0.364. The highest BCUT2D eigenvalue weighted by atomic mass is 16.5. The molecule has 4 heteroatoms. The molecular weight excluding hydrogens is 326 g/mol. The minimum atomic E-state index is -0.166. The summed E-state index contributed by atoms with van der Waals surface area (Å²) in [6.45, 7) is 5.72. The summed E-state index contributed by atoms with van der Waals surface area (Å²) < 4.78 is 5.59. The molecule has 0 bridgehead atoms. The number of benzene rings is 2. The van der Waals surface area contributed by atoms with Crippen molar-refractivity contribution in [3.63, 3.8) is 0 Å². The number of Topliss-reactive ketones (excluding diaryl/α,β-unsaturated/α-hetero) is 1. The van der Waals surface area contributed by atoms with Gasteiger partial charge in [0.15, 0.2) is 6.61 Å². The van der Waals surface area contributed by atoms with Crippen LogP contribution in [0.1, 0.15) is 43.9 Å². The molecule has 0 aliphatic rings. The van der Waals surface area contributed by atoms with Gasteiger partial charge in [0.05, 0.1) is 0 Å². The molecule has 0 fully saturated rings. The first-order valence-corrected chi connectivity index (χ1v) is 9.15. The van der Waals surface area contributed by atoms with Crippen molar-refractivity contribution < 1.29 is 14.3 Å². The third-order valence-corrected chi connectivity index (χ3v) is 4.32. The minimum absolute atomic E-state index is 0.0337. The number of aryl methyl sites for hydroxylation is 3. The van der Waals surface area contributed by atoms with Gasteiger partial charge in [0, 0.05) is 12.1 Å². The van der Waals surface area contributed by atoms with E-state index in [4.69, 9.17) is 4.74 Å². The van der Waals surface area contributed by atoms with E-state index in [2.05, 4.69) is 19.2 Å². The van der Waals surface area contributed by atoms with Crippen molar-refractivity contribution in [2.75, 3.05) is 11.9 Å². The van der Waals surface area contributed by atoms with E-state index in [1.165, 1.54) is 0 Å². The highest BCUT2D eigenvalue weighted by Gasteiger charge is 2.10. The first-order chi connectivity index (χ1) is 12.5. The van der Waals surface area contributed by atoms with E-state index in [0.29, 0.717) is 12.2 Å². The van der Waals surface area contributed by atoms with Gasteiger partial charge in [-0.25, -0.2) is 0 Å². The lowest BCUT2D eigenvalue weighted by atomic mass is 10.0. The van der Waals surface area contributed by atoms with Crippen LogP contribution in [0, 0.1) is 0 Å². The third kappa shape index (κ3) is 5.73. The second kappa shape index (κ2) is 9.76. The maximum absolute atomic E-state index is 12.3. The fourth-order valence-corrected chi connectivity index (χ4v) is 2.80. The van der Waals surface area contributed by atoms with Crippen molar-refractivity contribution in [1.29, 1.82) is 0 Å². The Bertz CT molecular complexity index is 728. The van der Waals surface area contributed by atoms with Crippen LogP contribution >= 0.6 is 0 Å². The molecule has 0 atom stereocenters. The molecule has 0 aliphatic carbocycles. The van der Waals surface area contributed by atoms with Crippen molar-refractivity contribution in [2.45, 2.75) is 46.5 Å². The van der Waals surface area contributed by atoms with E-state index in [1.807, 2.05) is 42.5 Å². The highest BCUT2D eigenvalue weighted by molar-refractivity contribution is 5.93. The zero-order valence-corrected chi connectivity index (χ0v) is 15.8. The second-order valence-electron chi connectivity index (χ2n) is 6.34. The van der Waals surface area contributed by atoms with Gasteiger partial charge in [0.25, 0.3) is 5.91 Å². The van der Waals surface area contributed by atoms with Gasteiger partial charge in [-0.05, 0) is 55.0 Å². The number of hydrogen-bond acceptors (Lipinski definition) is 3. The summed E-state index contributed by atoms with van der Waals surface area (Å²) in [6.07, 6.45) is 3.00. The Labute approximate surface area is 155 Å². The Kier molecular flexibility index (Phi) is 7.39. The van der Waals surface area contributed by atoms with E-state index >= 15 is 0 Å². The topological polar surface area (TPSA) is 55.4 Å². The van der Waals surface area contributed by atoms with Crippen LogP contribution in [0.4, 0.5) is 5.69 Å². The van der Waals surface area contributed by atoms with Gasteiger partial charge in [-0.3, -0.25) is 4.79 Å². The van der Waals surface area contributed by atoms with Gasteiger partial charge in [-0.15, -0.1) is 0 Å². The molecule has 0 heterocycles. The largest absolute Gasteiger partial charge is 0.484 e. The van der Waals surface area contributed by atoms with Crippen LogP contribution in [0.25, 0.3) is 0 Å². The van der Waals surface area contributed by atoms with Gasteiger partial charge >= 0.3 is 0 Å². The van der Waals surface area contributed by atoms with Gasteiger partial charge < -0.3 is 14.8 Å². The van der Waals surface area contributed by atoms with Gasteiger partial charge in [0.2, 0.25) is 0 Å². The van der Waals surface area contributed by atoms with Crippen LogP contribution in [-0.2, 0) is 28.9 Å². The van der Waals surface area contributed by atoms with Crippen LogP contribution in [0.3, 0.4) is 0 Å². The third-order valence-electron chi connectivity index (χ3n) is 4.32. The van der Waals surface area contributed by atoms with Crippen molar-refractivity contribution in [3.8, 4) is 5.75 Å². The summed E-state index contributed by atoms with van der Waals surface area (Å²) in [7, 11) is 0. The number of anilines is 1. The van der Waals surface area contributed by atoms with E-state index in [1.54, 1.807) is 6.92 Å². The molecule has 0 radical (unpaired) electrons. The Morgan fingerprint density at radius 3 is 2.12 bits per heavy atom. The molecule has 2 aromatic carbocycles. The molecule has 4 nitrogen and oxygen atoms in total. The van der Waals surface area contributed by atoms with E-state index in [9.17, 15) is 9.59 Å². The number of hydrogen-bond donors (Lipinski definition) is 1. The molecule has 0 aromatic heterocycles. The maximum Gasteiger partial charge on any atom is 0.262 e. The first kappa shape index (κ1) is 19.7. The summed E-state index contributed by atoms with van der Waals surface area (Å²) >= 11 is 0. The Balaban J connectivity index is 1.92. The molecule has 2 aromatic rings. The SMILES string of the molecule is CCc1cccc(CC)c1NC(=O)COc1ccc(CCC(C)=O)cc1. The van der Waals surface area contributed by atoms with Crippen LogP contribution in [-0.4, -0.2) is 18.3 Å². The van der Waals surface area contributed by atoms with Gasteiger partial charge in [-0.1, -0.05) is 44.2 Å². The summed E-state index contributed by atoms with van der Waals surface area (Å²) in [5.74, 6) is 0.660. The molecule has 0 aliphatic heterocycles. The number of amides is 1. The number of carbonyl (C=O) groups excluding carboxylic acids is 2. The lowest BCUT2D eigenvalue weighted by Gasteiger charge is -2.14. The predicted octanol–water partition coefficient (Wildman–Crippen LogP) is 4.35. The van der Waals surface area contributed by atoms with Gasteiger partial charge in [0.1, 0.15) is 11.5 Å². The Morgan fingerprint density at radius 2 is 1.58 bits per heavy atom. The second-order valence-corrected chi connectivity index (χ2v) is 6.34. The summed E-state index contributed by atoms with van der Waals surface area (Å²) in [4.78, 5) is 23.3. The molecule has 26 heavy (non-hydrogen) atoms. The number of ether oxygens (including phenoxy) is 1. The Hall–Kier alpha value is -2.62. The van der Waals surface area contributed by atoms with E-state index < -0.39 is 0 Å². The van der Waals surface area contributed by atoms with Crippen molar-refractivity contribution in [1.82, 2.24) is 0 Å². The highest BCUT2D eigenvalue weighted by Crippen LogP contribution is 2.22. The number of rotatable bonds is 9. The molecule has 1 amide bonds. The van der Waals surface area contributed by atoms with Crippen LogP contribution in [0.5, 0.6) is 5.75 Å². The Morgan fingerprint density at radius 1 is 0.962 bits per heavy atom. The zero-order chi connectivity index (χ0) is 18.9. The number of carbonyl (C=O) groups is 2. The minimum Gasteiger partial charge on any atom is -0.484 e. The summed E-state index contributed by atoms with van der Waals surface area (Å²) in [5, 5.41) is 2.99. The van der Waals surface area contributed by atoms with Crippen LogP contribution in [0.15, 0.2) is 42.5 Å². The number of nitrogens with one attached hydrogen (secondary N) is 1. The monoisotopic (exact) mass is 353 g/mol. The predicted molar refractivity (Wildman–Crippen MR) is 105 cm³/mol. The number of para-hydroxylation sites is 1. The summed E-state index contributed by atoms with van der Waals surface area (Å²) in [6, 6.07) is 13.6. The molecule has 138 valence electrons. The molecular formula is C22H27NO3. The van der Waals surface area contributed by atoms with Crippen molar-refractivity contribution in [2.24, 2.45) is 0 Å². The van der Waals surface area contributed by atoms with Crippen molar-refractivity contribution >= 4 is 17.4 Å². The fourth-order valence-electron chi connectivity index (χ4n) is 2.80. The zero-order valence-electron chi connectivity index (χ0n) is 15.8. The molecule has 0 unspecified atom stereocenters. The maximum atomic E-state index is 12.3. The lowest BCUT2D eigenvalue weighted by molar-refractivity contribution is -0.118. The molecule has 2 rings (SSSR count). The average molecular weight is 353 g/mol. The standard InChI is InChI=1S/C22H27NO3/c1-4-18-7-6-8-19(5-2)22(18)23-21(25)15-26-20-13-11-17(12-14-20)10-9-16(3)24/h6-8,11-14H,4-5,9-10,15H2,1-3H3,(H,23,25). The first-order valence-electron chi connectivity index (χ1n) is 9.15. The van der Waals surface area contributed by atoms with Crippen molar-refractivity contribution in [3.05, 3.63) is 59.2 Å². The molecule has 0 spiro atoms. The lowest BCUT2D eigenvalue weighted by Crippen LogP contribution is -2.21. The number of ketones is 1. The van der Waals surface area contributed by atoms with Crippen LogP contribution in [0.2, 0.25) is 0 Å². The van der Waals surface area contributed by atoms with E-state index in [-0.39, 0.29) is 18.3 Å². The van der Waals surface area contributed by atoms with Crippen LogP contribution < -0.4 is 10.1 Å². The normalized spacial score (nSPS) is 10.4. The van der Waals surface area contributed by atoms with E-state index in [0.717, 1.165) is 41.6 Å².